The van der Waals surface area contributed by atoms with Gasteiger partial charge in [0.2, 0.25) is 0 Å². The van der Waals surface area contributed by atoms with Crippen molar-refractivity contribution in [3.63, 3.8) is 0 Å². The maximum absolute atomic E-state index is 13.0. The highest BCUT2D eigenvalue weighted by molar-refractivity contribution is 7.13. The minimum absolute atomic E-state index is 0.0119. The summed E-state index contributed by atoms with van der Waals surface area (Å²) in [4.78, 5) is 29.3. The average Bonchev–Trinajstić information content (AvgIpc) is 3.25. The van der Waals surface area contributed by atoms with Gasteiger partial charge in [0.15, 0.2) is 4.80 Å². The van der Waals surface area contributed by atoms with Gasteiger partial charge < -0.3 is 4.57 Å². The molecule has 1 amide bonds. The smallest absolute Gasteiger partial charge is 0.281 e. The van der Waals surface area contributed by atoms with Crippen molar-refractivity contribution in [3.05, 3.63) is 129 Å². The second-order valence-electron chi connectivity index (χ2n) is 8.27. The monoisotopic (exact) mass is 525 g/mol. The number of carbonyl (C=O) groups is 1. The predicted molar refractivity (Wildman–Crippen MR) is 148 cm³/mol. The zero-order valence-corrected chi connectivity index (χ0v) is 21.2. The fourth-order valence-electron chi connectivity index (χ4n) is 4.05. The summed E-state index contributed by atoms with van der Waals surface area (Å²) in [6.07, 6.45) is 0. The number of benzene rings is 4. The largest absolute Gasteiger partial charge is 0.319 e. The molecule has 0 fully saturated rings. The molecule has 37 heavy (non-hydrogen) atoms. The summed E-state index contributed by atoms with van der Waals surface area (Å²) in [5, 5.41) is 11.0. The number of hydrogen-bond acceptors (Lipinski definition) is 4. The van der Waals surface area contributed by atoms with Gasteiger partial charge in [-0.1, -0.05) is 108 Å². The van der Waals surface area contributed by atoms with Crippen LogP contribution < -0.4 is 4.80 Å². The van der Waals surface area contributed by atoms with Crippen LogP contribution in [-0.4, -0.2) is 15.4 Å². The van der Waals surface area contributed by atoms with Crippen molar-refractivity contribution in [1.29, 1.82) is 0 Å². The van der Waals surface area contributed by atoms with Crippen LogP contribution in [0.2, 0.25) is 5.02 Å². The number of halogens is 1. The second-order valence-corrected chi connectivity index (χ2v) is 9.65. The minimum Gasteiger partial charge on any atom is -0.319 e. The summed E-state index contributed by atoms with van der Waals surface area (Å²) < 4.78 is 1.89. The van der Waals surface area contributed by atoms with Crippen LogP contribution in [0.3, 0.4) is 0 Å². The van der Waals surface area contributed by atoms with Gasteiger partial charge >= 0.3 is 0 Å². The topological polar surface area (TPSA) is 77.5 Å². The molecule has 1 aromatic heterocycles. The number of nitro groups is 1. The van der Waals surface area contributed by atoms with E-state index in [-0.39, 0.29) is 16.3 Å². The highest BCUT2D eigenvalue weighted by atomic mass is 35.5. The molecule has 0 radical (unpaired) electrons. The van der Waals surface area contributed by atoms with Crippen LogP contribution in [0.15, 0.2) is 108 Å². The zero-order valence-electron chi connectivity index (χ0n) is 19.7. The Morgan fingerprint density at radius 2 is 1.41 bits per heavy atom. The van der Waals surface area contributed by atoms with Crippen LogP contribution in [-0.2, 0) is 7.05 Å². The van der Waals surface area contributed by atoms with Crippen LogP contribution in [0, 0.1) is 10.1 Å². The third-order valence-corrected chi connectivity index (χ3v) is 7.42. The standard InChI is InChI=1S/C29H20ClN3O3S/c1-32-26(21-14-12-20(13-15-21)19-8-4-2-5-9-19)27(22-10-6-3-7-11-22)37-29(32)31-28(34)24-17-16-23(33(35)36)18-25(24)30/h2-18H,1H3. The van der Waals surface area contributed by atoms with E-state index in [1.807, 2.05) is 60.1 Å². The van der Waals surface area contributed by atoms with Gasteiger partial charge in [-0.3, -0.25) is 14.9 Å². The van der Waals surface area contributed by atoms with Crippen LogP contribution in [0.1, 0.15) is 10.4 Å². The summed E-state index contributed by atoms with van der Waals surface area (Å²) >= 11 is 7.57. The van der Waals surface area contributed by atoms with Crippen molar-refractivity contribution in [2.75, 3.05) is 0 Å². The van der Waals surface area contributed by atoms with Gasteiger partial charge in [-0.05, 0) is 28.3 Å². The molecule has 0 aliphatic carbocycles. The van der Waals surface area contributed by atoms with Gasteiger partial charge in [-0.15, -0.1) is 0 Å². The Labute approximate surface area is 221 Å². The molecule has 5 aromatic rings. The molecular weight excluding hydrogens is 506 g/mol. The summed E-state index contributed by atoms with van der Waals surface area (Å²) in [5.74, 6) is -0.567. The summed E-state index contributed by atoms with van der Waals surface area (Å²) in [6, 6.07) is 32.1. The molecule has 0 saturated heterocycles. The molecule has 1 heterocycles. The maximum atomic E-state index is 13.0. The van der Waals surface area contributed by atoms with Crippen molar-refractivity contribution in [1.82, 2.24) is 4.57 Å². The van der Waals surface area contributed by atoms with Crippen LogP contribution in [0.25, 0.3) is 32.8 Å². The summed E-state index contributed by atoms with van der Waals surface area (Å²) in [5.41, 5.74) is 5.08. The van der Waals surface area contributed by atoms with Gasteiger partial charge in [0.25, 0.3) is 11.6 Å². The number of hydrogen-bond donors (Lipinski definition) is 0. The average molecular weight is 526 g/mol. The lowest BCUT2D eigenvalue weighted by atomic mass is 10.0. The summed E-state index contributed by atoms with van der Waals surface area (Å²) in [7, 11) is 1.87. The fourth-order valence-corrected chi connectivity index (χ4v) is 5.45. The van der Waals surface area contributed by atoms with Gasteiger partial charge in [0, 0.05) is 19.2 Å². The van der Waals surface area contributed by atoms with Crippen LogP contribution >= 0.6 is 22.9 Å². The van der Waals surface area contributed by atoms with Gasteiger partial charge in [-0.2, -0.15) is 4.99 Å². The number of non-ortho nitro benzene ring substituents is 1. The highest BCUT2D eigenvalue weighted by Crippen LogP contribution is 2.35. The van der Waals surface area contributed by atoms with E-state index >= 15 is 0 Å². The number of rotatable bonds is 5. The first-order valence-corrected chi connectivity index (χ1v) is 12.6. The number of nitrogens with zero attached hydrogens (tertiary/aromatic N) is 3. The molecule has 5 rings (SSSR count). The molecular formula is C29H20ClN3O3S. The van der Waals surface area contributed by atoms with E-state index in [4.69, 9.17) is 11.6 Å². The highest BCUT2D eigenvalue weighted by Gasteiger charge is 2.18. The molecule has 0 aliphatic rings. The van der Waals surface area contributed by atoms with E-state index in [0.717, 1.165) is 38.9 Å². The third-order valence-electron chi connectivity index (χ3n) is 5.92. The molecule has 0 bridgehead atoms. The van der Waals surface area contributed by atoms with E-state index in [0.29, 0.717) is 4.80 Å². The number of thiazole rings is 1. The van der Waals surface area contributed by atoms with E-state index in [2.05, 4.69) is 41.4 Å². The Bertz CT molecular complexity index is 1680. The molecule has 8 heteroatoms. The Kier molecular flexibility index (Phi) is 6.81. The lowest BCUT2D eigenvalue weighted by Crippen LogP contribution is -2.14. The molecule has 0 unspecified atom stereocenters. The lowest BCUT2D eigenvalue weighted by Gasteiger charge is -2.09. The molecule has 4 aromatic carbocycles. The minimum atomic E-state index is -0.567. The van der Waals surface area contributed by atoms with Crippen molar-refractivity contribution in [2.45, 2.75) is 0 Å². The van der Waals surface area contributed by atoms with Gasteiger partial charge in [0.05, 0.1) is 26.1 Å². The third kappa shape index (κ3) is 5.00. The number of carbonyl (C=O) groups excluding carboxylic acids is 1. The van der Waals surface area contributed by atoms with E-state index in [9.17, 15) is 14.9 Å². The Morgan fingerprint density at radius 3 is 2.00 bits per heavy atom. The second kappa shape index (κ2) is 10.3. The Balaban J connectivity index is 1.61. The van der Waals surface area contributed by atoms with Gasteiger partial charge in [-0.25, -0.2) is 0 Å². The van der Waals surface area contributed by atoms with Crippen molar-refractivity contribution in [3.8, 4) is 32.8 Å². The molecule has 0 saturated carbocycles. The van der Waals surface area contributed by atoms with Crippen molar-refractivity contribution < 1.29 is 9.72 Å². The van der Waals surface area contributed by atoms with E-state index < -0.39 is 10.8 Å². The molecule has 0 aliphatic heterocycles. The number of amides is 1. The SMILES string of the molecule is Cn1c(-c2ccc(-c3ccccc3)cc2)c(-c2ccccc2)sc1=NC(=O)c1ccc([N+](=O)[O-])cc1Cl. The maximum Gasteiger partial charge on any atom is 0.281 e. The molecule has 182 valence electrons. The first-order chi connectivity index (χ1) is 17.9. The molecule has 6 nitrogen and oxygen atoms in total. The van der Waals surface area contributed by atoms with Gasteiger partial charge in [0.1, 0.15) is 0 Å². The Hall–Kier alpha value is -4.33. The predicted octanol–water partition coefficient (Wildman–Crippen LogP) is 7.39. The van der Waals surface area contributed by atoms with Crippen LogP contribution in [0.5, 0.6) is 0 Å². The van der Waals surface area contributed by atoms with Crippen LogP contribution in [0.4, 0.5) is 5.69 Å². The first-order valence-electron chi connectivity index (χ1n) is 11.4. The number of nitro benzene ring substituents is 1. The van der Waals surface area contributed by atoms with Crippen molar-refractivity contribution >= 4 is 34.5 Å². The lowest BCUT2D eigenvalue weighted by molar-refractivity contribution is -0.384. The van der Waals surface area contributed by atoms with E-state index in [1.165, 1.54) is 23.5 Å². The first kappa shape index (κ1) is 24.4. The number of aromatic nitrogens is 1. The normalized spacial score (nSPS) is 11.5. The van der Waals surface area contributed by atoms with Crippen molar-refractivity contribution in [2.24, 2.45) is 12.0 Å². The van der Waals surface area contributed by atoms with E-state index in [1.54, 1.807) is 0 Å². The summed E-state index contributed by atoms with van der Waals surface area (Å²) in [6.45, 7) is 0. The Morgan fingerprint density at radius 1 is 0.838 bits per heavy atom. The quantitative estimate of drug-likeness (QED) is 0.177. The molecule has 0 spiro atoms. The fraction of sp³-hybridized carbons (Fsp3) is 0.0345. The molecule has 0 N–H and O–H groups in total. The zero-order chi connectivity index (χ0) is 25.9. The molecule has 0 atom stereocenters.